The summed E-state index contributed by atoms with van der Waals surface area (Å²) in [5.74, 6) is 1.17. The second kappa shape index (κ2) is 5.88. The summed E-state index contributed by atoms with van der Waals surface area (Å²) in [7, 11) is 0. The van der Waals surface area contributed by atoms with Crippen LogP contribution in [0.25, 0.3) is 11.1 Å². The maximum atomic E-state index is 6.32. The van der Waals surface area contributed by atoms with Crippen molar-refractivity contribution in [1.29, 1.82) is 0 Å². The fraction of sp³-hybridized carbons (Fsp3) is 0.333. The minimum atomic E-state index is 0.393. The van der Waals surface area contributed by atoms with Crippen molar-refractivity contribution in [2.75, 3.05) is 0 Å². The van der Waals surface area contributed by atoms with E-state index in [9.17, 15) is 0 Å². The average Bonchev–Trinajstić information content (AvgIpc) is 2.94. The van der Waals surface area contributed by atoms with Crippen LogP contribution in [0, 0.1) is 0 Å². The normalized spacial score (nSPS) is 15.8. The van der Waals surface area contributed by atoms with Crippen LogP contribution in [0.1, 0.15) is 37.4 Å². The third-order valence-electron chi connectivity index (χ3n) is 3.69. The molecule has 1 aliphatic rings. The van der Waals surface area contributed by atoms with E-state index < -0.39 is 0 Å². The number of hydrogen-bond donors (Lipinski definition) is 0. The molecule has 0 bridgehead atoms. The quantitative estimate of drug-likeness (QED) is 0.655. The molecule has 0 amide bonds. The third-order valence-corrected chi connectivity index (χ3v) is 4.49. The molecule has 0 N–H and O–H groups in total. The Balaban J connectivity index is 2.02. The Morgan fingerprint density at radius 2 is 1.40 bits per heavy atom. The van der Waals surface area contributed by atoms with Crippen LogP contribution >= 0.6 is 34.8 Å². The summed E-state index contributed by atoms with van der Waals surface area (Å²) in [6.45, 7) is 0. The fourth-order valence-corrected chi connectivity index (χ4v) is 3.39. The van der Waals surface area contributed by atoms with Gasteiger partial charge in [-0.25, -0.2) is 9.97 Å². The Morgan fingerprint density at radius 3 is 1.95 bits per heavy atom. The highest BCUT2D eigenvalue weighted by Gasteiger charge is 2.22. The first kappa shape index (κ1) is 14.1. The van der Waals surface area contributed by atoms with Crippen molar-refractivity contribution in [2.45, 2.75) is 31.6 Å². The Bertz CT molecular complexity index is 597. The molecule has 0 unspecified atom stereocenters. The molecule has 0 spiro atoms. The minimum absolute atomic E-state index is 0.393. The van der Waals surface area contributed by atoms with Gasteiger partial charge in [-0.1, -0.05) is 59.8 Å². The molecule has 0 aliphatic heterocycles. The van der Waals surface area contributed by atoms with Gasteiger partial charge >= 0.3 is 0 Å². The highest BCUT2D eigenvalue weighted by Crippen LogP contribution is 2.37. The topological polar surface area (TPSA) is 25.8 Å². The van der Waals surface area contributed by atoms with Gasteiger partial charge in [0.05, 0.1) is 5.56 Å². The SMILES string of the molecule is Clc1ccc(-c2c(Cl)nc(C3CCCC3)nc2Cl)cc1. The molecule has 2 nitrogen and oxygen atoms in total. The first-order valence-electron chi connectivity index (χ1n) is 6.64. The number of halogens is 3. The fourth-order valence-electron chi connectivity index (χ4n) is 2.64. The molecule has 104 valence electrons. The van der Waals surface area contributed by atoms with Crippen molar-refractivity contribution in [1.82, 2.24) is 9.97 Å². The van der Waals surface area contributed by atoms with Crippen LogP contribution in [0.2, 0.25) is 15.3 Å². The van der Waals surface area contributed by atoms with Gasteiger partial charge in [0.1, 0.15) is 16.1 Å². The van der Waals surface area contributed by atoms with Crippen molar-refractivity contribution in [3.8, 4) is 11.1 Å². The van der Waals surface area contributed by atoms with E-state index in [4.69, 9.17) is 34.8 Å². The van der Waals surface area contributed by atoms with Crippen LogP contribution in [-0.2, 0) is 0 Å². The van der Waals surface area contributed by atoms with Crippen LogP contribution in [0.15, 0.2) is 24.3 Å². The van der Waals surface area contributed by atoms with Gasteiger partial charge in [-0.15, -0.1) is 0 Å². The van der Waals surface area contributed by atoms with Crippen molar-refractivity contribution in [3.63, 3.8) is 0 Å². The lowest BCUT2D eigenvalue weighted by Crippen LogP contribution is -2.02. The number of hydrogen-bond acceptors (Lipinski definition) is 2. The molecule has 3 rings (SSSR count). The first-order chi connectivity index (χ1) is 9.65. The second-order valence-corrected chi connectivity index (χ2v) is 6.18. The van der Waals surface area contributed by atoms with Crippen LogP contribution in [0.3, 0.4) is 0 Å². The van der Waals surface area contributed by atoms with E-state index in [1.54, 1.807) is 12.1 Å². The van der Waals surface area contributed by atoms with Crippen LogP contribution < -0.4 is 0 Å². The lowest BCUT2D eigenvalue weighted by Gasteiger charge is -2.12. The maximum absolute atomic E-state index is 6.32. The molecule has 1 heterocycles. The molecule has 1 aromatic heterocycles. The van der Waals surface area contributed by atoms with E-state index in [-0.39, 0.29) is 0 Å². The van der Waals surface area contributed by atoms with E-state index in [0.717, 1.165) is 24.2 Å². The van der Waals surface area contributed by atoms with Crippen LogP contribution in [-0.4, -0.2) is 9.97 Å². The molecule has 1 aliphatic carbocycles. The number of nitrogens with zero attached hydrogens (tertiary/aromatic N) is 2. The highest BCUT2D eigenvalue weighted by atomic mass is 35.5. The molecule has 0 atom stereocenters. The minimum Gasteiger partial charge on any atom is -0.220 e. The smallest absolute Gasteiger partial charge is 0.142 e. The lowest BCUT2D eigenvalue weighted by molar-refractivity contribution is 0.668. The monoisotopic (exact) mass is 326 g/mol. The zero-order valence-electron chi connectivity index (χ0n) is 10.7. The maximum Gasteiger partial charge on any atom is 0.142 e. The van der Waals surface area contributed by atoms with Gasteiger partial charge in [0.25, 0.3) is 0 Å². The summed E-state index contributed by atoms with van der Waals surface area (Å²) in [6.07, 6.45) is 4.68. The van der Waals surface area contributed by atoms with E-state index in [1.165, 1.54) is 12.8 Å². The lowest BCUT2D eigenvalue weighted by atomic mass is 10.1. The summed E-state index contributed by atoms with van der Waals surface area (Å²) >= 11 is 18.5. The molecule has 5 heteroatoms. The van der Waals surface area contributed by atoms with Gasteiger partial charge in [0.15, 0.2) is 0 Å². The van der Waals surface area contributed by atoms with Gasteiger partial charge < -0.3 is 0 Å². The zero-order valence-corrected chi connectivity index (χ0v) is 13.0. The number of rotatable bonds is 2. The summed E-state index contributed by atoms with van der Waals surface area (Å²) < 4.78 is 0. The Hall–Kier alpha value is -0.830. The highest BCUT2D eigenvalue weighted by molar-refractivity contribution is 6.37. The van der Waals surface area contributed by atoms with Crippen LogP contribution in [0.5, 0.6) is 0 Å². The van der Waals surface area contributed by atoms with E-state index in [0.29, 0.717) is 26.8 Å². The van der Waals surface area contributed by atoms with Gasteiger partial charge in [-0.05, 0) is 30.5 Å². The van der Waals surface area contributed by atoms with Gasteiger partial charge in [0.2, 0.25) is 0 Å². The summed E-state index contributed by atoms with van der Waals surface area (Å²) in [5.41, 5.74) is 1.55. The van der Waals surface area contributed by atoms with Gasteiger partial charge in [-0.3, -0.25) is 0 Å². The van der Waals surface area contributed by atoms with E-state index in [2.05, 4.69) is 9.97 Å². The standard InChI is InChI=1S/C15H13Cl3N2/c16-11-7-5-9(6-8-11)12-13(17)19-15(20-14(12)18)10-3-1-2-4-10/h5-8,10H,1-4H2. The number of aromatic nitrogens is 2. The predicted octanol–water partition coefficient (Wildman–Crippen LogP) is 5.76. The molecule has 0 radical (unpaired) electrons. The Morgan fingerprint density at radius 1 is 0.850 bits per heavy atom. The van der Waals surface area contributed by atoms with Gasteiger partial charge in [0, 0.05) is 10.9 Å². The van der Waals surface area contributed by atoms with Crippen LogP contribution in [0.4, 0.5) is 0 Å². The molecule has 0 saturated heterocycles. The molecule has 1 aromatic carbocycles. The second-order valence-electron chi connectivity index (χ2n) is 5.03. The zero-order chi connectivity index (χ0) is 14.1. The summed E-state index contributed by atoms with van der Waals surface area (Å²) in [4.78, 5) is 8.90. The van der Waals surface area contributed by atoms with Crippen molar-refractivity contribution in [2.24, 2.45) is 0 Å². The van der Waals surface area contributed by atoms with Crippen molar-refractivity contribution < 1.29 is 0 Å². The molecule has 1 saturated carbocycles. The molecule has 1 fully saturated rings. The van der Waals surface area contributed by atoms with E-state index >= 15 is 0 Å². The Kier molecular flexibility index (Phi) is 4.16. The molecular formula is C15H13Cl3N2. The predicted molar refractivity (Wildman–Crippen MR) is 83.7 cm³/mol. The Labute approximate surface area is 133 Å². The molecule has 20 heavy (non-hydrogen) atoms. The average molecular weight is 328 g/mol. The molecule has 2 aromatic rings. The summed E-state index contributed by atoms with van der Waals surface area (Å²) in [6, 6.07) is 7.34. The third kappa shape index (κ3) is 2.78. The molecular weight excluding hydrogens is 315 g/mol. The number of benzene rings is 1. The first-order valence-corrected chi connectivity index (χ1v) is 7.77. The summed E-state index contributed by atoms with van der Waals surface area (Å²) in [5, 5.41) is 1.49. The van der Waals surface area contributed by atoms with Gasteiger partial charge in [-0.2, -0.15) is 0 Å². The van der Waals surface area contributed by atoms with Crippen molar-refractivity contribution >= 4 is 34.8 Å². The van der Waals surface area contributed by atoms with Crippen molar-refractivity contribution in [3.05, 3.63) is 45.4 Å². The van der Waals surface area contributed by atoms with E-state index in [1.807, 2.05) is 12.1 Å². The largest absolute Gasteiger partial charge is 0.220 e.